The Morgan fingerprint density at radius 3 is 2.65 bits per heavy atom. The van der Waals surface area contributed by atoms with Gasteiger partial charge in [-0.25, -0.2) is 5.84 Å². The number of amides is 1. The number of hydrogen-bond acceptors (Lipinski definition) is 4. The number of pyridine rings is 1. The number of halogens is 1. The Hall–Kier alpha value is -1.15. The topological polar surface area (TPSA) is 88.4 Å². The lowest BCUT2D eigenvalue weighted by molar-refractivity contribution is 0.0277. The van der Waals surface area contributed by atoms with E-state index in [1.54, 1.807) is 0 Å². The zero-order valence-corrected chi connectivity index (χ0v) is 13.7. The van der Waals surface area contributed by atoms with Crippen LogP contribution in [-0.4, -0.2) is 37.3 Å². The van der Waals surface area contributed by atoms with Gasteiger partial charge in [0.05, 0.1) is 5.56 Å². The van der Waals surface area contributed by atoms with Gasteiger partial charge < -0.3 is 9.72 Å². The lowest BCUT2D eigenvalue weighted by atomic mass is 10.2. The van der Waals surface area contributed by atoms with E-state index >= 15 is 0 Å². The number of aromatic nitrogens is 1. The maximum Gasteiger partial charge on any atom is 0.272 e. The van der Waals surface area contributed by atoms with Crippen molar-refractivity contribution in [3.63, 3.8) is 0 Å². The maximum atomic E-state index is 12.0. The van der Waals surface area contributed by atoms with Crippen LogP contribution in [0.25, 0.3) is 0 Å². The van der Waals surface area contributed by atoms with E-state index in [1.807, 2.05) is 0 Å². The first-order chi connectivity index (χ1) is 9.20. The minimum Gasteiger partial charge on any atom is -0.360 e. The van der Waals surface area contributed by atoms with Crippen LogP contribution in [0.1, 0.15) is 10.4 Å². The van der Waals surface area contributed by atoms with Gasteiger partial charge in [0.2, 0.25) is 5.56 Å². The number of aromatic amines is 1. The summed E-state index contributed by atoms with van der Waals surface area (Å²) < 4.78 is 5.38. The van der Waals surface area contributed by atoms with Gasteiger partial charge in [-0.05, 0) is 12.1 Å². The number of nitrogens with one attached hydrogen (secondary N) is 1. The summed E-state index contributed by atoms with van der Waals surface area (Å²) in [5.41, 5.74) is -0.232. The van der Waals surface area contributed by atoms with Crippen LogP contribution in [0.3, 0.4) is 0 Å². The van der Waals surface area contributed by atoms with Crippen LogP contribution in [0.5, 0.6) is 0 Å². The molecule has 20 heavy (non-hydrogen) atoms. The molecule has 0 aliphatic rings. The molecule has 0 atom stereocenters. The van der Waals surface area contributed by atoms with E-state index < -0.39 is 14.0 Å². The molecule has 0 saturated carbocycles. The van der Waals surface area contributed by atoms with Crippen molar-refractivity contribution in [1.29, 1.82) is 0 Å². The molecule has 0 fully saturated rings. The molecule has 3 N–H and O–H groups in total. The van der Waals surface area contributed by atoms with Gasteiger partial charge in [0.1, 0.15) is 11.9 Å². The molecule has 0 aliphatic heterocycles. The van der Waals surface area contributed by atoms with Crippen molar-refractivity contribution in [2.45, 2.75) is 25.7 Å². The highest BCUT2D eigenvalue weighted by molar-refractivity contribution is 6.76. The molecule has 8 heteroatoms. The molecule has 0 radical (unpaired) electrons. The van der Waals surface area contributed by atoms with Gasteiger partial charge in [-0.3, -0.25) is 14.6 Å². The van der Waals surface area contributed by atoms with Crippen molar-refractivity contribution in [3.8, 4) is 0 Å². The average Bonchev–Trinajstić information content (AvgIpc) is 2.32. The molecule has 0 unspecified atom stereocenters. The molecule has 1 rings (SSSR count). The largest absolute Gasteiger partial charge is 0.360 e. The minimum absolute atomic E-state index is 0.0151. The summed E-state index contributed by atoms with van der Waals surface area (Å²) in [5.74, 6) is 5.12. The first-order valence-corrected chi connectivity index (χ1v) is 10.3. The third-order valence-corrected chi connectivity index (χ3v) is 4.59. The molecule has 0 aromatic carbocycles. The van der Waals surface area contributed by atoms with Gasteiger partial charge in [0.15, 0.2) is 0 Å². The van der Waals surface area contributed by atoms with Gasteiger partial charge in [-0.15, -0.1) is 0 Å². The number of ether oxygens (including phenoxy) is 1. The Bertz CT molecular complexity index is 527. The fourth-order valence-corrected chi connectivity index (χ4v) is 2.36. The smallest absolute Gasteiger partial charge is 0.272 e. The van der Waals surface area contributed by atoms with E-state index in [0.717, 1.165) is 11.1 Å². The Balaban J connectivity index is 2.53. The van der Waals surface area contributed by atoms with Crippen LogP contribution in [0.15, 0.2) is 16.9 Å². The zero-order chi connectivity index (χ0) is 15.3. The highest BCUT2D eigenvalue weighted by atomic mass is 35.5. The van der Waals surface area contributed by atoms with Crippen molar-refractivity contribution in [1.82, 2.24) is 9.99 Å². The standard InChI is InChI=1S/C12H20ClN3O3Si/c1-20(2,3)7-6-19-8-16(14)12(18)9-4-5-10(17)15-11(9)13/h4-5H,6-8,14H2,1-3H3,(H,15,17). The Kier molecular flexibility index (Phi) is 5.94. The third-order valence-electron chi connectivity index (χ3n) is 2.59. The Morgan fingerprint density at radius 1 is 1.45 bits per heavy atom. The monoisotopic (exact) mass is 317 g/mol. The molecule has 1 aromatic heterocycles. The molecular formula is C12H20ClN3O3Si. The number of carbonyl (C=O) groups excluding carboxylic acids is 1. The van der Waals surface area contributed by atoms with Crippen molar-refractivity contribution in [2.75, 3.05) is 13.3 Å². The van der Waals surface area contributed by atoms with Crippen LogP contribution in [0.4, 0.5) is 0 Å². The fraction of sp³-hybridized carbons (Fsp3) is 0.500. The lowest BCUT2D eigenvalue weighted by Crippen LogP contribution is -2.40. The highest BCUT2D eigenvalue weighted by Crippen LogP contribution is 2.12. The molecule has 1 heterocycles. The van der Waals surface area contributed by atoms with Crippen molar-refractivity contribution >= 4 is 25.6 Å². The van der Waals surface area contributed by atoms with Crippen molar-refractivity contribution in [3.05, 3.63) is 33.2 Å². The normalized spacial score (nSPS) is 11.4. The molecule has 1 aromatic rings. The predicted molar refractivity (Wildman–Crippen MR) is 81.4 cm³/mol. The summed E-state index contributed by atoms with van der Waals surface area (Å²) in [6.45, 7) is 7.26. The number of carbonyl (C=O) groups is 1. The predicted octanol–water partition coefficient (Wildman–Crippen LogP) is 1.66. The van der Waals surface area contributed by atoms with E-state index in [-0.39, 0.29) is 23.0 Å². The molecule has 112 valence electrons. The van der Waals surface area contributed by atoms with E-state index in [4.69, 9.17) is 22.2 Å². The van der Waals surface area contributed by atoms with Crippen LogP contribution in [0, 0.1) is 0 Å². The van der Waals surface area contributed by atoms with Gasteiger partial charge in [0, 0.05) is 20.7 Å². The SMILES string of the molecule is C[Si](C)(C)CCOCN(N)C(=O)c1ccc(=O)[nH]c1Cl. The van der Waals surface area contributed by atoms with Crippen LogP contribution in [-0.2, 0) is 4.74 Å². The van der Waals surface area contributed by atoms with Gasteiger partial charge in [0.25, 0.3) is 5.91 Å². The van der Waals surface area contributed by atoms with Crippen molar-refractivity contribution in [2.24, 2.45) is 5.84 Å². The zero-order valence-electron chi connectivity index (χ0n) is 11.9. The first kappa shape index (κ1) is 16.9. The van der Waals surface area contributed by atoms with Gasteiger partial charge >= 0.3 is 0 Å². The summed E-state index contributed by atoms with van der Waals surface area (Å²) >= 11 is 5.80. The van der Waals surface area contributed by atoms with Gasteiger partial charge in [-0.1, -0.05) is 31.2 Å². The number of H-pyrrole nitrogens is 1. The molecule has 6 nitrogen and oxygen atoms in total. The number of rotatable bonds is 6. The van der Waals surface area contributed by atoms with Gasteiger partial charge in [-0.2, -0.15) is 0 Å². The molecule has 1 amide bonds. The maximum absolute atomic E-state index is 12.0. The number of nitrogens with two attached hydrogens (primary N) is 1. The van der Waals surface area contributed by atoms with Crippen molar-refractivity contribution < 1.29 is 9.53 Å². The molecular weight excluding hydrogens is 298 g/mol. The molecule has 0 aliphatic carbocycles. The minimum atomic E-state index is -1.17. The number of hydrogen-bond donors (Lipinski definition) is 2. The quantitative estimate of drug-likeness (QED) is 0.159. The Labute approximate surface area is 123 Å². The summed E-state index contributed by atoms with van der Waals surface area (Å²) in [7, 11) is -1.17. The summed E-state index contributed by atoms with van der Waals surface area (Å²) in [5, 5.41) is 0.907. The van der Waals surface area contributed by atoms with Crippen LogP contribution in [0.2, 0.25) is 30.8 Å². The molecule has 0 bridgehead atoms. The summed E-state index contributed by atoms with van der Waals surface area (Å²) in [6, 6.07) is 3.55. The fourth-order valence-electron chi connectivity index (χ4n) is 1.37. The number of hydrazine groups is 1. The highest BCUT2D eigenvalue weighted by Gasteiger charge is 2.17. The third kappa shape index (κ3) is 5.46. The molecule has 0 spiro atoms. The lowest BCUT2D eigenvalue weighted by Gasteiger charge is -2.19. The summed E-state index contributed by atoms with van der Waals surface area (Å²) in [6.07, 6.45) is 0. The first-order valence-electron chi connectivity index (χ1n) is 6.24. The van der Waals surface area contributed by atoms with E-state index in [2.05, 4.69) is 24.6 Å². The summed E-state index contributed by atoms with van der Waals surface area (Å²) in [4.78, 5) is 25.3. The second kappa shape index (κ2) is 7.03. The van der Waals surface area contributed by atoms with Crippen LogP contribution >= 0.6 is 11.6 Å². The van der Waals surface area contributed by atoms with Crippen LogP contribution < -0.4 is 11.4 Å². The van der Waals surface area contributed by atoms with E-state index in [9.17, 15) is 9.59 Å². The average molecular weight is 318 g/mol. The second-order valence-electron chi connectivity index (χ2n) is 5.67. The molecule has 0 saturated heterocycles. The van der Waals surface area contributed by atoms with E-state index in [0.29, 0.717) is 6.61 Å². The van der Waals surface area contributed by atoms with E-state index in [1.165, 1.54) is 12.1 Å². The Morgan fingerprint density at radius 2 is 2.10 bits per heavy atom. The number of nitrogens with zero attached hydrogens (tertiary/aromatic N) is 1. The second-order valence-corrected chi connectivity index (χ2v) is 11.7.